The van der Waals surface area contributed by atoms with E-state index >= 15 is 0 Å². The molecule has 0 radical (unpaired) electrons. The number of isocyanates is 1. The molecule has 2 rings (SSSR count). The molecule has 19 heavy (non-hydrogen) atoms. The molecule has 2 aromatic carbocycles. The van der Waals surface area contributed by atoms with Gasteiger partial charge in [0.1, 0.15) is 0 Å². The average molecular weight is 248 g/mol. The van der Waals surface area contributed by atoms with Crippen LogP contribution in [0, 0.1) is 0 Å². The van der Waals surface area contributed by atoms with Gasteiger partial charge in [0.05, 0.1) is 11.4 Å². The molecule has 0 fully saturated rings. The number of carbonyl (C=O) groups excluding carboxylic acids is 1. The van der Waals surface area contributed by atoms with E-state index in [0.717, 1.165) is 17.7 Å². The van der Waals surface area contributed by atoms with Crippen LogP contribution < -0.4 is 0 Å². The summed E-state index contributed by atoms with van der Waals surface area (Å²) in [6.07, 6.45) is 2.35. The summed E-state index contributed by atoms with van der Waals surface area (Å²) in [5.74, 6) is 2.50. The van der Waals surface area contributed by atoms with Gasteiger partial charge in [0.25, 0.3) is 0 Å². The van der Waals surface area contributed by atoms with E-state index < -0.39 is 0 Å². The Morgan fingerprint density at radius 1 is 0.842 bits per heavy atom. The highest BCUT2D eigenvalue weighted by molar-refractivity contribution is 5.55. The molecule has 0 aliphatic heterocycles. The SMILES string of the molecule is C=C=Nc1ccc(Cc2ccc(N=C=O)cc2)cc1. The van der Waals surface area contributed by atoms with Gasteiger partial charge in [0.15, 0.2) is 0 Å². The van der Waals surface area contributed by atoms with Gasteiger partial charge in [-0.25, -0.2) is 9.79 Å². The summed E-state index contributed by atoms with van der Waals surface area (Å²) in [5, 5.41) is 0. The van der Waals surface area contributed by atoms with Crippen molar-refractivity contribution in [2.75, 3.05) is 0 Å². The first kappa shape index (κ1) is 12.7. The third kappa shape index (κ3) is 3.62. The Morgan fingerprint density at radius 3 is 1.74 bits per heavy atom. The quantitative estimate of drug-likeness (QED) is 0.600. The second kappa shape index (κ2) is 6.27. The van der Waals surface area contributed by atoms with Gasteiger partial charge in [0.2, 0.25) is 6.08 Å². The number of hydrogen-bond donors (Lipinski definition) is 0. The molecule has 0 bridgehead atoms. The highest BCUT2D eigenvalue weighted by Crippen LogP contribution is 2.17. The zero-order chi connectivity index (χ0) is 13.5. The molecule has 92 valence electrons. The summed E-state index contributed by atoms with van der Waals surface area (Å²) in [5.41, 5.74) is 3.81. The third-order valence-corrected chi connectivity index (χ3v) is 2.66. The lowest BCUT2D eigenvalue weighted by Gasteiger charge is -2.02. The Hall–Kier alpha value is -2.73. The van der Waals surface area contributed by atoms with Gasteiger partial charge in [-0.05, 0) is 54.3 Å². The molecule has 3 heteroatoms. The van der Waals surface area contributed by atoms with Crippen LogP contribution in [0.15, 0.2) is 65.1 Å². The van der Waals surface area contributed by atoms with Gasteiger partial charge in [-0.1, -0.05) is 24.3 Å². The lowest BCUT2D eigenvalue weighted by atomic mass is 10.0. The van der Waals surface area contributed by atoms with Gasteiger partial charge < -0.3 is 0 Å². The molecule has 0 atom stereocenters. The summed E-state index contributed by atoms with van der Waals surface area (Å²) >= 11 is 0. The highest BCUT2D eigenvalue weighted by Gasteiger charge is 1.97. The van der Waals surface area contributed by atoms with Crippen molar-refractivity contribution < 1.29 is 4.79 Å². The maximum Gasteiger partial charge on any atom is 0.240 e. The highest BCUT2D eigenvalue weighted by atomic mass is 16.1. The minimum Gasteiger partial charge on any atom is -0.211 e. The standard InChI is InChI=1S/C16H12N2O/c1-2-17-15-7-3-13(4-8-15)11-14-5-9-16(10-6-14)18-12-19/h3-10H,1,11H2. The molecule has 0 saturated heterocycles. The van der Waals surface area contributed by atoms with Crippen LogP contribution in [0.25, 0.3) is 0 Å². The van der Waals surface area contributed by atoms with Crippen LogP contribution in [0.3, 0.4) is 0 Å². The lowest BCUT2D eigenvalue weighted by molar-refractivity contribution is 0.565. The summed E-state index contributed by atoms with van der Waals surface area (Å²) in [4.78, 5) is 17.7. The molecule has 2 aromatic rings. The minimum absolute atomic E-state index is 0.620. The maximum absolute atomic E-state index is 10.1. The van der Waals surface area contributed by atoms with Crippen molar-refractivity contribution in [3.8, 4) is 0 Å². The first-order valence-corrected chi connectivity index (χ1v) is 5.80. The number of nitrogens with zero attached hydrogens (tertiary/aromatic N) is 2. The largest absolute Gasteiger partial charge is 0.240 e. The van der Waals surface area contributed by atoms with Gasteiger partial charge in [0, 0.05) is 0 Å². The summed E-state index contributed by atoms with van der Waals surface area (Å²) < 4.78 is 0. The topological polar surface area (TPSA) is 41.8 Å². The number of aliphatic imine (C=N–C) groups is 2. The molecule has 0 heterocycles. The molecule has 0 aliphatic rings. The van der Waals surface area contributed by atoms with Crippen LogP contribution in [0.2, 0.25) is 0 Å². The van der Waals surface area contributed by atoms with Gasteiger partial charge in [-0.2, -0.15) is 4.99 Å². The van der Waals surface area contributed by atoms with Crippen molar-refractivity contribution in [2.45, 2.75) is 6.42 Å². The van der Waals surface area contributed by atoms with Crippen LogP contribution in [0.5, 0.6) is 0 Å². The summed E-state index contributed by atoms with van der Waals surface area (Å²) in [6, 6.07) is 15.4. The molecule has 0 N–H and O–H groups in total. The second-order valence-electron chi connectivity index (χ2n) is 3.98. The normalized spacial score (nSPS) is 9.26. The monoisotopic (exact) mass is 248 g/mol. The van der Waals surface area contributed by atoms with Crippen LogP contribution in [-0.2, 0) is 11.2 Å². The predicted molar refractivity (Wildman–Crippen MR) is 76.2 cm³/mol. The van der Waals surface area contributed by atoms with Crippen LogP contribution in [0.1, 0.15) is 11.1 Å². The molecule has 0 saturated carbocycles. The van der Waals surface area contributed by atoms with Crippen LogP contribution in [0.4, 0.5) is 11.4 Å². The molecule has 0 spiro atoms. The van der Waals surface area contributed by atoms with Crippen molar-refractivity contribution in [2.24, 2.45) is 9.98 Å². The van der Waals surface area contributed by atoms with Crippen molar-refractivity contribution in [1.82, 2.24) is 0 Å². The van der Waals surface area contributed by atoms with Gasteiger partial charge >= 0.3 is 0 Å². The fourth-order valence-electron chi connectivity index (χ4n) is 1.76. The van der Waals surface area contributed by atoms with E-state index in [0.29, 0.717) is 5.69 Å². The Kier molecular flexibility index (Phi) is 4.20. The maximum atomic E-state index is 10.1. The Bertz CT molecular complexity index is 585. The fraction of sp³-hybridized carbons (Fsp3) is 0.0625. The minimum atomic E-state index is 0.620. The van der Waals surface area contributed by atoms with Crippen molar-refractivity contribution >= 4 is 23.3 Å². The van der Waals surface area contributed by atoms with E-state index in [1.54, 1.807) is 12.1 Å². The number of rotatable bonds is 4. The predicted octanol–water partition coefficient (Wildman–Crippen LogP) is 3.73. The van der Waals surface area contributed by atoms with Crippen molar-refractivity contribution in [3.63, 3.8) is 0 Å². The Morgan fingerprint density at radius 2 is 1.32 bits per heavy atom. The van der Waals surface area contributed by atoms with E-state index in [1.807, 2.05) is 36.4 Å². The molecule has 0 aliphatic carbocycles. The molecule has 3 nitrogen and oxygen atoms in total. The zero-order valence-electron chi connectivity index (χ0n) is 10.3. The zero-order valence-corrected chi connectivity index (χ0v) is 10.3. The second-order valence-corrected chi connectivity index (χ2v) is 3.98. The first-order chi connectivity index (χ1) is 9.31. The van der Waals surface area contributed by atoms with E-state index in [1.165, 1.54) is 11.6 Å². The lowest BCUT2D eigenvalue weighted by Crippen LogP contribution is -1.86. The first-order valence-electron chi connectivity index (χ1n) is 5.80. The van der Waals surface area contributed by atoms with Gasteiger partial charge in [-0.15, -0.1) is 0 Å². The molecule has 0 aromatic heterocycles. The van der Waals surface area contributed by atoms with E-state index in [9.17, 15) is 4.79 Å². The molecule has 0 amide bonds. The number of hydrogen-bond acceptors (Lipinski definition) is 3. The Labute approximate surface area is 111 Å². The third-order valence-electron chi connectivity index (χ3n) is 2.66. The molecular weight excluding hydrogens is 236 g/mol. The molecule has 0 unspecified atom stereocenters. The Balaban J connectivity index is 2.11. The summed E-state index contributed by atoms with van der Waals surface area (Å²) in [7, 11) is 0. The van der Waals surface area contributed by atoms with Crippen LogP contribution in [-0.4, -0.2) is 11.9 Å². The summed E-state index contributed by atoms with van der Waals surface area (Å²) in [6.45, 7) is 3.44. The van der Waals surface area contributed by atoms with Crippen LogP contribution >= 0.6 is 0 Å². The van der Waals surface area contributed by atoms with E-state index in [4.69, 9.17) is 0 Å². The van der Waals surface area contributed by atoms with Gasteiger partial charge in [-0.3, -0.25) is 0 Å². The fourth-order valence-corrected chi connectivity index (χ4v) is 1.76. The van der Waals surface area contributed by atoms with E-state index in [2.05, 4.69) is 22.4 Å². The van der Waals surface area contributed by atoms with E-state index in [-0.39, 0.29) is 0 Å². The average Bonchev–Trinajstić information content (AvgIpc) is 2.44. The number of benzene rings is 2. The van der Waals surface area contributed by atoms with Crippen molar-refractivity contribution in [1.29, 1.82) is 0 Å². The molecular formula is C16H12N2O. The smallest absolute Gasteiger partial charge is 0.211 e. The van der Waals surface area contributed by atoms with Crippen molar-refractivity contribution in [3.05, 3.63) is 66.2 Å².